The number of carbonyl (C=O) groups excluding carboxylic acids is 2. The first kappa shape index (κ1) is 6.03. The molecule has 1 heterocycles. The lowest BCUT2D eigenvalue weighted by Gasteiger charge is -1.89. The standard InChI is InChI=1S/C4H3O5/c5-3-4(6)9-8-2-1-7-3/h1H,2H2. The fraction of sp³-hybridized carbons (Fsp3) is 0.250. The summed E-state index contributed by atoms with van der Waals surface area (Å²) in [5, 5.41) is 0. The highest BCUT2D eigenvalue weighted by atomic mass is 17.2. The number of carbonyl (C=O) groups is 2. The van der Waals surface area contributed by atoms with Gasteiger partial charge in [-0.1, -0.05) is 0 Å². The van der Waals surface area contributed by atoms with E-state index in [9.17, 15) is 9.59 Å². The van der Waals surface area contributed by atoms with E-state index < -0.39 is 11.9 Å². The van der Waals surface area contributed by atoms with Crippen molar-refractivity contribution in [3.63, 3.8) is 0 Å². The van der Waals surface area contributed by atoms with E-state index in [0.717, 1.165) is 6.61 Å². The van der Waals surface area contributed by atoms with Crippen LogP contribution in [-0.2, 0) is 24.1 Å². The van der Waals surface area contributed by atoms with Crippen LogP contribution < -0.4 is 0 Å². The van der Waals surface area contributed by atoms with Crippen molar-refractivity contribution in [1.29, 1.82) is 0 Å². The van der Waals surface area contributed by atoms with Gasteiger partial charge in [0.1, 0.15) is 6.61 Å². The maximum Gasteiger partial charge on any atom is 0.449 e. The van der Waals surface area contributed by atoms with Crippen LogP contribution in [0.5, 0.6) is 0 Å². The Morgan fingerprint density at radius 1 is 1.33 bits per heavy atom. The Morgan fingerprint density at radius 2 is 2.11 bits per heavy atom. The molecule has 1 rings (SSSR count). The van der Waals surface area contributed by atoms with Gasteiger partial charge in [0, 0.05) is 0 Å². The van der Waals surface area contributed by atoms with E-state index in [1.54, 1.807) is 0 Å². The third-order valence-corrected chi connectivity index (χ3v) is 0.628. The normalized spacial score (nSPS) is 20.0. The van der Waals surface area contributed by atoms with Crippen molar-refractivity contribution in [2.24, 2.45) is 0 Å². The molecule has 0 atom stereocenters. The molecule has 9 heavy (non-hydrogen) atoms. The first-order chi connectivity index (χ1) is 4.30. The molecular weight excluding hydrogens is 128 g/mol. The van der Waals surface area contributed by atoms with Crippen LogP contribution in [0.1, 0.15) is 0 Å². The summed E-state index contributed by atoms with van der Waals surface area (Å²) in [7, 11) is 0. The van der Waals surface area contributed by atoms with Gasteiger partial charge in [-0.15, -0.1) is 0 Å². The quantitative estimate of drug-likeness (QED) is 0.244. The first-order valence-electron chi connectivity index (χ1n) is 2.17. The highest BCUT2D eigenvalue weighted by Crippen LogP contribution is 1.95. The van der Waals surface area contributed by atoms with E-state index in [4.69, 9.17) is 0 Å². The summed E-state index contributed by atoms with van der Waals surface area (Å²) >= 11 is 0. The third kappa shape index (κ3) is 1.39. The molecule has 1 aliphatic heterocycles. The average molecular weight is 131 g/mol. The molecule has 0 saturated carbocycles. The minimum absolute atomic E-state index is 0.0303. The fourth-order valence-electron chi connectivity index (χ4n) is 0.307. The van der Waals surface area contributed by atoms with Gasteiger partial charge in [-0.3, -0.25) is 4.89 Å². The fourth-order valence-corrected chi connectivity index (χ4v) is 0.307. The second-order valence-corrected chi connectivity index (χ2v) is 1.23. The molecule has 5 nitrogen and oxygen atoms in total. The number of hydrogen-bond acceptors (Lipinski definition) is 5. The van der Waals surface area contributed by atoms with Crippen molar-refractivity contribution < 1.29 is 24.1 Å². The predicted octanol–water partition coefficient (Wildman–Crippen LogP) is -0.820. The van der Waals surface area contributed by atoms with E-state index in [2.05, 4.69) is 14.5 Å². The molecule has 0 bridgehead atoms. The van der Waals surface area contributed by atoms with Crippen LogP contribution in [0.25, 0.3) is 0 Å². The molecule has 0 aromatic heterocycles. The van der Waals surface area contributed by atoms with Crippen molar-refractivity contribution in [2.75, 3.05) is 6.61 Å². The van der Waals surface area contributed by atoms with Crippen LogP contribution in [-0.4, -0.2) is 18.5 Å². The number of ether oxygens (including phenoxy) is 1. The second-order valence-electron chi connectivity index (χ2n) is 1.23. The van der Waals surface area contributed by atoms with Crippen molar-refractivity contribution >= 4 is 11.9 Å². The van der Waals surface area contributed by atoms with Gasteiger partial charge in [0.15, 0.2) is 6.61 Å². The lowest BCUT2D eigenvalue weighted by Crippen LogP contribution is -2.15. The lowest BCUT2D eigenvalue weighted by molar-refractivity contribution is -0.261. The zero-order valence-electron chi connectivity index (χ0n) is 4.33. The molecule has 0 aliphatic carbocycles. The van der Waals surface area contributed by atoms with Gasteiger partial charge in [-0.05, 0) is 0 Å². The van der Waals surface area contributed by atoms with Gasteiger partial charge in [0.05, 0.1) is 0 Å². The zero-order valence-corrected chi connectivity index (χ0v) is 4.33. The van der Waals surface area contributed by atoms with Gasteiger partial charge in [-0.25, -0.2) is 9.59 Å². The van der Waals surface area contributed by atoms with Gasteiger partial charge in [0.2, 0.25) is 0 Å². The first-order valence-corrected chi connectivity index (χ1v) is 2.17. The Hall–Kier alpha value is -1.10. The molecule has 0 aromatic rings. The number of hydrogen-bond donors (Lipinski definition) is 0. The smallest absolute Gasteiger partial charge is 0.447 e. The highest BCUT2D eigenvalue weighted by Gasteiger charge is 2.21. The molecule has 1 saturated heterocycles. The Kier molecular flexibility index (Phi) is 1.64. The Bertz CT molecular complexity index is 124. The minimum atomic E-state index is -1.14. The monoisotopic (exact) mass is 131 g/mol. The van der Waals surface area contributed by atoms with Crippen LogP contribution in [0.2, 0.25) is 0 Å². The Labute approximate surface area is 50.4 Å². The molecule has 0 aromatic carbocycles. The molecule has 49 valence electrons. The van der Waals surface area contributed by atoms with E-state index in [-0.39, 0.29) is 6.61 Å². The number of rotatable bonds is 0. The summed E-state index contributed by atoms with van der Waals surface area (Å²) in [5.74, 6) is -2.20. The van der Waals surface area contributed by atoms with Crippen molar-refractivity contribution in [2.45, 2.75) is 0 Å². The van der Waals surface area contributed by atoms with Gasteiger partial charge in [-0.2, -0.15) is 4.89 Å². The highest BCUT2D eigenvalue weighted by molar-refractivity contribution is 6.29. The molecule has 5 heteroatoms. The topological polar surface area (TPSA) is 61.8 Å². The lowest BCUT2D eigenvalue weighted by atomic mass is 10.7. The third-order valence-electron chi connectivity index (χ3n) is 0.628. The Balaban J connectivity index is 2.51. The van der Waals surface area contributed by atoms with Crippen LogP contribution in [0.4, 0.5) is 0 Å². The summed E-state index contributed by atoms with van der Waals surface area (Å²) in [5.41, 5.74) is 0. The summed E-state index contributed by atoms with van der Waals surface area (Å²) in [6, 6.07) is 0. The second kappa shape index (κ2) is 2.45. The van der Waals surface area contributed by atoms with E-state index in [1.807, 2.05) is 0 Å². The molecule has 0 spiro atoms. The Morgan fingerprint density at radius 3 is 2.89 bits per heavy atom. The molecule has 0 amide bonds. The maximum atomic E-state index is 10.2. The van der Waals surface area contributed by atoms with E-state index in [1.165, 1.54) is 0 Å². The number of esters is 1. The van der Waals surface area contributed by atoms with Crippen molar-refractivity contribution in [1.82, 2.24) is 0 Å². The maximum absolute atomic E-state index is 10.2. The summed E-state index contributed by atoms with van der Waals surface area (Å²) < 4.78 is 4.15. The average Bonchev–Trinajstić information content (AvgIpc) is 1.99. The predicted molar refractivity (Wildman–Crippen MR) is 22.4 cm³/mol. The van der Waals surface area contributed by atoms with Gasteiger partial charge >= 0.3 is 11.9 Å². The van der Waals surface area contributed by atoms with Crippen LogP contribution in [0, 0.1) is 6.61 Å². The van der Waals surface area contributed by atoms with Gasteiger partial charge in [0.25, 0.3) is 0 Å². The summed E-state index contributed by atoms with van der Waals surface area (Å²) in [4.78, 5) is 28.4. The molecule has 1 fully saturated rings. The van der Waals surface area contributed by atoms with Crippen molar-refractivity contribution in [3.8, 4) is 0 Å². The molecule has 0 unspecified atom stereocenters. The molecule has 0 N–H and O–H groups in total. The SMILES string of the molecule is O=C1O[CH]COOC1=O. The molecular formula is C4H3O5. The molecule has 1 aliphatic rings. The van der Waals surface area contributed by atoms with E-state index in [0.29, 0.717) is 0 Å². The van der Waals surface area contributed by atoms with Crippen LogP contribution >= 0.6 is 0 Å². The summed E-state index contributed by atoms with van der Waals surface area (Å²) in [6.07, 6.45) is 0. The van der Waals surface area contributed by atoms with Crippen molar-refractivity contribution in [3.05, 3.63) is 6.61 Å². The van der Waals surface area contributed by atoms with Gasteiger partial charge < -0.3 is 4.74 Å². The van der Waals surface area contributed by atoms with E-state index >= 15 is 0 Å². The molecule has 1 radical (unpaired) electrons. The zero-order chi connectivity index (χ0) is 6.69. The van der Waals surface area contributed by atoms with Crippen LogP contribution in [0.15, 0.2) is 0 Å². The summed E-state index contributed by atoms with van der Waals surface area (Å²) in [6.45, 7) is 1.00. The number of cyclic esters (lactones) is 1. The minimum Gasteiger partial charge on any atom is -0.447 e. The van der Waals surface area contributed by atoms with Crippen LogP contribution in [0.3, 0.4) is 0 Å². The largest absolute Gasteiger partial charge is 0.449 e.